The number of carbonyl (C=O) groups excluding carboxylic acids is 1. The zero-order valence-electron chi connectivity index (χ0n) is 11.2. The summed E-state index contributed by atoms with van der Waals surface area (Å²) < 4.78 is 9.85. The highest BCUT2D eigenvalue weighted by molar-refractivity contribution is 5.87. The van der Waals surface area contributed by atoms with Crippen LogP contribution in [-0.2, 0) is 11.3 Å². The van der Waals surface area contributed by atoms with E-state index in [4.69, 9.17) is 4.42 Å². The molecule has 0 saturated heterocycles. The molecule has 4 heteroatoms. The van der Waals surface area contributed by atoms with Gasteiger partial charge in [-0.2, -0.15) is 0 Å². The molecule has 3 unspecified atom stereocenters. The van der Waals surface area contributed by atoms with Crippen LogP contribution in [0.15, 0.2) is 16.7 Å². The quantitative estimate of drug-likeness (QED) is 0.836. The summed E-state index contributed by atoms with van der Waals surface area (Å²) in [5.41, 5.74) is 0.869. The summed E-state index contributed by atoms with van der Waals surface area (Å²) in [4.78, 5) is 11.5. The maximum absolute atomic E-state index is 11.5. The maximum atomic E-state index is 11.5. The Morgan fingerprint density at radius 3 is 2.89 bits per heavy atom. The van der Waals surface area contributed by atoms with E-state index < -0.39 is 5.97 Å². The third-order valence-electron chi connectivity index (χ3n) is 4.14. The third-order valence-corrected chi connectivity index (χ3v) is 4.14. The fraction of sp³-hybridized carbons (Fsp3) is 0.643. The molecule has 1 aromatic heterocycles. The molecule has 0 radical (unpaired) electrons. The van der Waals surface area contributed by atoms with Crippen molar-refractivity contribution in [2.45, 2.75) is 39.3 Å². The Kier molecular flexibility index (Phi) is 4.07. The normalized spacial score (nSPS) is 27.4. The summed E-state index contributed by atoms with van der Waals surface area (Å²) in [6.45, 7) is 5.23. The predicted molar refractivity (Wildman–Crippen MR) is 68.2 cm³/mol. The number of hydrogen-bond acceptors (Lipinski definition) is 4. The molecule has 3 atom stereocenters. The average molecular weight is 251 g/mol. The molecule has 1 saturated carbocycles. The van der Waals surface area contributed by atoms with Gasteiger partial charge >= 0.3 is 5.97 Å². The van der Waals surface area contributed by atoms with Crippen molar-refractivity contribution in [1.82, 2.24) is 5.32 Å². The van der Waals surface area contributed by atoms with Gasteiger partial charge in [0.05, 0.1) is 13.4 Å². The summed E-state index contributed by atoms with van der Waals surface area (Å²) in [6, 6.07) is 2.35. The Labute approximate surface area is 108 Å². The minimum absolute atomic E-state index is 0.309. The zero-order chi connectivity index (χ0) is 13.1. The number of methoxy groups -OCH3 is 1. The lowest BCUT2D eigenvalue weighted by atomic mass is 9.98. The van der Waals surface area contributed by atoms with E-state index in [0.717, 1.165) is 11.5 Å². The van der Waals surface area contributed by atoms with Crippen molar-refractivity contribution in [3.05, 3.63) is 23.7 Å². The molecular weight excluding hydrogens is 230 g/mol. The van der Waals surface area contributed by atoms with Crippen LogP contribution in [0.3, 0.4) is 0 Å². The molecule has 2 rings (SSSR count). The van der Waals surface area contributed by atoms with E-state index >= 15 is 0 Å². The first-order chi connectivity index (χ1) is 8.63. The van der Waals surface area contributed by atoms with Crippen molar-refractivity contribution >= 4 is 5.97 Å². The van der Waals surface area contributed by atoms with Crippen LogP contribution >= 0.6 is 0 Å². The Morgan fingerprint density at radius 1 is 1.50 bits per heavy atom. The topological polar surface area (TPSA) is 51.5 Å². The molecule has 1 aromatic rings. The summed E-state index contributed by atoms with van der Waals surface area (Å²) in [5.74, 6) is 1.35. The SMILES string of the molecule is COC(=O)c1occc1CNC1CCC(C)C1C. The molecule has 1 aliphatic rings. The number of esters is 1. The molecule has 0 aromatic carbocycles. The highest BCUT2D eigenvalue weighted by atomic mass is 16.5. The van der Waals surface area contributed by atoms with Crippen LogP contribution in [0.5, 0.6) is 0 Å². The van der Waals surface area contributed by atoms with Gasteiger partial charge in [-0.25, -0.2) is 4.79 Å². The van der Waals surface area contributed by atoms with Gasteiger partial charge in [-0.15, -0.1) is 0 Å². The van der Waals surface area contributed by atoms with E-state index in [0.29, 0.717) is 24.3 Å². The largest absolute Gasteiger partial charge is 0.463 e. The van der Waals surface area contributed by atoms with Gasteiger partial charge in [-0.05, 0) is 30.7 Å². The second kappa shape index (κ2) is 5.57. The van der Waals surface area contributed by atoms with E-state index in [2.05, 4.69) is 23.9 Å². The average Bonchev–Trinajstić information content (AvgIpc) is 2.95. The van der Waals surface area contributed by atoms with E-state index in [1.165, 1.54) is 26.2 Å². The van der Waals surface area contributed by atoms with Crippen LogP contribution in [0.25, 0.3) is 0 Å². The lowest BCUT2D eigenvalue weighted by Crippen LogP contribution is -2.32. The van der Waals surface area contributed by atoms with E-state index in [1.54, 1.807) is 0 Å². The molecule has 0 bridgehead atoms. The highest BCUT2D eigenvalue weighted by Gasteiger charge is 2.29. The van der Waals surface area contributed by atoms with E-state index in [1.807, 2.05) is 6.07 Å². The van der Waals surface area contributed by atoms with Crippen LogP contribution in [0, 0.1) is 11.8 Å². The van der Waals surface area contributed by atoms with Crippen molar-refractivity contribution in [3.8, 4) is 0 Å². The van der Waals surface area contributed by atoms with Crippen LogP contribution in [0.1, 0.15) is 42.8 Å². The van der Waals surface area contributed by atoms with Gasteiger partial charge in [-0.1, -0.05) is 13.8 Å². The first-order valence-electron chi connectivity index (χ1n) is 6.51. The Morgan fingerprint density at radius 2 is 2.28 bits per heavy atom. The predicted octanol–water partition coefficient (Wildman–Crippen LogP) is 2.59. The molecule has 0 spiro atoms. The minimum Gasteiger partial charge on any atom is -0.463 e. The van der Waals surface area contributed by atoms with Crippen LogP contribution in [0.2, 0.25) is 0 Å². The molecule has 100 valence electrons. The molecule has 4 nitrogen and oxygen atoms in total. The van der Waals surface area contributed by atoms with Gasteiger partial charge < -0.3 is 14.5 Å². The zero-order valence-corrected chi connectivity index (χ0v) is 11.2. The molecule has 1 fully saturated rings. The summed E-state index contributed by atoms with van der Waals surface area (Å²) in [7, 11) is 1.36. The molecule has 1 heterocycles. The number of furan rings is 1. The van der Waals surface area contributed by atoms with Crippen molar-refractivity contribution in [2.24, 2.45) is 11.8 Å². The van der Waals surface area contributed by atoms with Gasteiger partial charge in [0.2, 0.25) is 5.76 Å². The van der Waals surface area contributed by atoms with Gasteiger partial charge in [-0.3, -0.25) is 0 Å². The second-order valence-corrected chi connectivity index (χ2v) is 5.17. The lowest BCUT2D eigenvalue weighted by molar-refractivity contribution is 0.0563. The van der Waals surface area contributed by atoms with Crippen molar-refractivity contribution in [2.75, 3.05) is 7.11 Å². The van der Waals surface area contributed by atoms with Gasteiger partial charge in [0.25, 0.3) is 0 Å². The molecule has 1 N–H and O–H groups in total. The molecule has 1 aliphatic carbocycles. The summed E-state index contributed by atoms with van der Waals surface area (Å²) >= 11 is 0. The summed E-state index contributed by atoms with van der Waals surface area (Å²) in [5, 5.41) is 3.52. The molecule has 18 heavy (non-hydrogen) atoms. The Hall–Kier alpha value is -1.29. The van der Waals surface area contributed by atoms with Gasteiger partial charge in [0.1, 0.15) is 0 Å². The van der Waals surface area contributed by atoms with Crippen molar-refractivity contribution in [1.29, 1.82) is 0 Å². The first-order valence-corrected chi connectivity index (χ1v) is 6.51. The second-order valence-electron chi connectivity index (χ2n) is 5.17. The highest BCUT2D eigenvalue weighted by Crippen LogP contribution is 2.31. The number of nitrogens with one attached hydrogen (secondary N) is 1. The van der Waals surface area contributed by atoms with Gasteiger partial charge in [0.15, 0.2) is 0 Å². The Bertz CT molecular complexity index is 413. The standard InChI is InChI=1S/C14H21NO3/c1-9-4-5-12(10(9)2)15-8-11-6-7-18-13(11)14(16)17-3/h6-7,9-10,12,15H,4-5,8H2,1-3H3. The maximum Gasteiger partial charge on any atom is 0.374 e. The lowest BCUT2D eigenvalue weighted by Gasteiger charge is -2.19. The van der Waals surface area contributed by atoms with Crippen LogP contribution in [0.4, 0.5) is 0 Å². The van der Waals surface area contributed by atoms with Crippen molar-refractivity contribution < 1.29 is 13.9 Å². The fourth-order valence-electron chi connectivity index (χ4n) is 2.64. The van der Waals surface area contributed by atoms with Crippen LogP contribution < -0.4 is 5.32 Å². The molecule has 0 aliphatic heterocycles. The summed E-state index contributed by atoms with van der Waals surface area (Å²) in [6.07, 6.45) is 4.01. The van der Waals surface area contributed by atoms with Gasteiger partial charge in [0, 0.05) is 18.2 Å². The number of ether oxygens (including phenoxy) is 1. The molecular formula is C14H21NO3. The Balaban J connectivity index is 1.95. The number of carbonyl (C=O) groups is 1. The smallest absolute Gasteiger partial charge is 0.374 e. The number of rotatable bonds is 4. The van der Waals surface area contributed by atoms with E-state index in [-0.39, 0.29) is 0 Å². The third kappa shape index (κ3) is 2.58. The van der Waals surface area contributed by atoms with E-state index in [9.17, 15) is 4.79 Å². The number of hydrogen-bond donors (Lipinski definition) is 1. The minimum atomic E-state index is -0.412. The fourth-order valence-corrected chi connectivity index (χ4v) is 2.64. The van der Waals surface area contributed by atoms with Crippen LogP contribution in [-0.4, -0.2) is 19.1 Å². The first kappa shape index (κ1) is 13.1. The monoisotopic (exact) mass is 251 g/mol. The van der Waals surface area contributed by atoms with Crippen molar-refractivity contribution in [3.63, 3.8) is 0 Å². The molecule has 0 amide bonds.